The minimum Gasteiger partial charge on any atom is -0.466 e. The van der Waals surface area contributed by atoms with Gasteiger partial charge in [-0.05, 0) is 55.3 Å². The molecule has 3 rings (SSSR count). The average molecular weight is 456 g/mol. The van der Waals surface area contributed by atoms with E-state index in [1.54, 1.807) is 23.5 Å². The fourth-order valence-electron chi connectivity index (χ4n) is 2.99. The third-order valence-electron chi connectivity index (χ3n) is 4.38. The number of sulfone groups is 1. The molecule has 0 aliphatic carbocycles. The number of nitrogens with zero attached hydrogens (tertiary/aromatic N) is 1. The van der Waals surface area contributed by atoms with Gasteiger partial charge in [-0.2, -0.15) is 0 Å². The van der Waals surface area contributed by atoms with E-state index in [1.165, 1.54) is 36.2 Å². The van der Waals surface area contributed by atoms with E-state index >= 15 is 0 Å². The lowest BCUT2D eigenvalue weighted by Crippen LogP contribution is -2.08. The molecule has 0 saturated heterocycles. The molecule has 0 aliphatic rings. The van der Waals surface area contributed by atoms with Gasteiger partial charge in [-0.25, -0.2) is 12.8 Å². The van der Waals surface area contributed by atoms with Gasteiger partial charge in [0.05, 0.1) is 33.5 Å². The molecule has 0 N–H and O–H groups in total. The first-order valence-electron chi connectivity index (χ1n) is 8.74. The molecule has 0 fully saturated rings. The van der Waals surface area contributed by atoms with Gasteiger partial charge >= 0.3 is 5.97 Å². The van der Waals surface area contributed by atoms with Gasteiger partial charge in [0.15, 0.2) is 9.84 Å². The third kappa shape index (κ3) is 4.60. The Morgan fingerprint density at radius 3 is 2.62 bits per heavy atom. The van der Waals surface area contributed by atoms with Crippen molar-refractivity contribution in [1.82, 2.24) is 4.40 Å². The highest BCUT2D eigenvalue weighted by molar-refractivity contribution is 7.99. The monoisotopic (exact) mass is 455 g/mol. The summed E-state index contributed by atoms with van der Waals surface area (Å²) < 4.78 is 44.1. The van der Waals surface area contributed by atoms with Crippen LogP contribution >= 0.6 is 23.4 Å². The minimum atomic E-state index is -3.38. The van der Waals surface area contributed by atoms with Gasteiger partial charge in [0.25, 0.3) is 0 Å². The van der Waals surface area contributed by atoms with Crippen molar-refractivity contribution in [2.45, 2.75) is 35.1 Å². The van der Waals surface area contributed by atoms with E-state index in [9.17, 15) is 17.6 Å². The van der Waals surface area contributed by atoms with E-state index in [4.69, 9.17) is 16.3 Å². The van der Waals surface area contributed by atoms with Gasteiger partial charge in [0, 0.05) is 17.3 Å². The summed E-state index contributed by atoms with van der Waals surface area (Å²) in [6, 6.07) is 7.45. The van der Waals surface area contributed by atoms with Crippen LogP contribution in [-0.2, 0) is 25.8 Å². The van der Waals surface area contributed by atoms with Crippen molar-refractivity contribution in [3.05, 3.63) is 58.5 Å². The molecule has 0 aliphatic heterocycles. The molecule has 2 aromatic heterocycles. The summed E-state index contributed by atoms with van der Waals surface area (Å²) in [5.74, 6) is -0.782. The molecule has 0 atom stereocenters. The predicted octanol–water partition coefficient (Wildman–Crippen LogP) is 4.70. The maximum absolute atomic E-state index is 13.9. The van der Waals surface area contributed by atoms with Crippen LogP contribution in [0.2, 0.25) is 5.02 Å². The molecule has 154 valence electrons. The molecule has 1 aromatic carbocycles. The number of aromatic nitrogens is 1. The highest BCUT2D eigenvalue weighted by Crippen LogP contribution is 2.39. The van der Waals surface area contributed by atoms with Gasteiger partial charge in [-0.15, -0.1) is 0 Å². The Kier molecular flexibility index (Phi) is 6.26. The summed E-state index contributed by atoms with van der Waals surface area (Å²) in [4.78, 5) is 12.8. The van der Waals surface area contributed by atoms with Gasteiger partial charge in [-0.1, -0.05) is 23.4 Å². The SMILES string of the molecule is CCOC(=O)Cc1c(C)c(Sc2ccc(S(C)(=O)=O)cc2Cl)n2cc(F)ccc12. The molecule has 0 unspecified atom stereocenters. The van der Waals surface area contributed by atoms with Gasteiger partial charge in [0.1, 0.15) is 5.82 Å². The first-order valence-corrected chi connectivity index (χ1v) is 11.8. The van der Waals surface area contributed by atoms with E-state index in [2.05, 4.69) is 0 Å². The fraction of sp³-hybridized carbons (Fsp3) is 0.250. The Bertz CT molecular complexity index is 1200. The first-order chi connectivity index (χ1) is 13.6. The topological polar surface area (TPSA) is 64.9 Å². The summed E-state index contributed by atoms with van der Waals surface area (Å²) >= 11 is 7.59. The second-order valence-corrected chi connectivity index (χ2v) is 9.91. The zero-order valence-electron chi connectivity index (χ0n) is 16.0. The largest absolute Gasteiger partial charge is 0.466 e. The van der Waals surface area contributed by atoms with Crippen molar-refractivity contribution in [1.29, 1.82) is 0 Å². The second-order valence-electron chi connectivity index (χ2n) is 6.46. The Morgan fingerprint density at radius 1 is 1.28 bits per heavy atom. The van der Waals surface area contributed by atoms with E-state index < -0.39 is 15.7 Å². The van der Waals surface area contributed by atoms with Gasteiger partial charge in [0.2, 0.25) is 0 Å². The van der Waals surface area contributed by atoms with E-state index in [1.807, 2.05) is 6.92 Å². The molecule has 2 heterocycles. The number of halogens is 2. The molecule has 0 spiro atoms. The lowest BCUT2D eigenvalue weighted by molar-refractivity contribution is -0.142. The summed E-state index contributed by atoms with van der Waals surface area (Å²) in [6.07, 6.45) is 2.52. The van der Waals surface area contributed by atoms with E-state index in [0.29, 0.717) is 15.4 Å². The number of esters is 1. The van der Waals surface area contributed by atoms with Gasteiger partial charge < -0.3 is 9.14 Å². The van der Waals surface area contributed by atoms with Crippen molar-refractivity contribution >= 4 is 44.7 Å². The number of pyridine rings is 1. The fourth-order valence-corrected chi connectivity index (χ4v) is 5.03. The number of rotatable bonds is 6. The zero-order chi connectivity index (χ0) is 21.3. The second kappa shape index (κ2) is 8.38. The van der Waals surface area contributed by atoms with Crippen molar-refractivity contribution in [2.24, 2.45) is 0 Å². The molecular weight excluding hydrogens is 437 g/mol. The van der Waals surface area contributed by atoms with Crippen LogP contribution < -0.4 is 0 Å². The molecule has 0 amide bonds. The van der Waals surface area contributed by atoms with E-state index in [-0.39, 0.29) is 28.9 Å². The minimum absolute atomic E-state index is 0.0656. The molecule has 3 aromatic rings. The van der Waals surface area contributed by atoms with Crippen LogP contribution in [0.15, 0.2) is 51.3 Å². The number of ether oxygens (including phenoxy) is 1. The van der Waals surface area contributed by atoms with Crippen LogP contribution in [0.1, 0.15) is 18.1 Å². The van der Waals surface area contributed by atoms with Crippen LogP contribution in [0.25, 0.3) is 5.52 Å². The summed E-state index contributed by atoms with van der Waals surface area (Å²) in [5.41, 5.74) is 2.25. The highest BCUT2D eigenvalue weighted by Gasteiger charge is 2.20. The normalized spacial score (nSPS) is 11.8. The molecule has 0 saturated carbocycles. The quantitative estimate of drug-likeness (QED) is 0.504. The summed E-state index contributed by atoms with van der Waals surface area (Å²) in [5, 5.41) is 0.962. The molecule has 29 heavy (non-hydrogen) atoms. The number of carbonyl (C=O) groups excluding carboxylic acids is 1. The number of benzene rings is 1. The Morgan fingerprint density at radius 2 is 2.00 bits per heavy atom. The standard InChI is InChI=1S/C20H19ClFNO4S2/c1-4-27-19(24)10-15-12(2)20(23-11-13(22)5-7-17(15)23)28-18-8-6-14(9-16(18)21)29(3,25)26/h5-9,11H,4,10H2,1-3H3. The molecule has 5 nitrogen and oxygen atoms in total. The number of hydrogen-bond donors (Lipinski definition) is 0. The smallest absolute Gasteiger partial charge is 0.310 e. The zero-order valence-corrected chi connectivity index (χ0v) is 18.4. The van der Waals surface area contributed by atoms with Crippen molar-refractivity contribution in [3.63, 3.8) is 0 Å². The van der Waals surface area contributed by atoms with Crippen LogP contribution in [0, 0.1) is 12.7 Å². The van der Waals surface area contributed by atoms with Crippen molar-refractivity contribution in [2.75, 3.05) is 12.9 Å². The molecule has 0 radical (unpaired) electrons. The summed E-state index contributed by atoms with van der Waals surface area (Å²) in [6.45, 7) is 3.87. The van der Waals surface area contributed by atoms with Crippen LogP contribution in [0.3, 0.4) is 0 Å². The molecular formula is C20H19ClFNO4S2. The van der Waals surface area contributed by atoms with Crippen molar-refractivity contribution in [3.8, 4) is 0 Å². The first kappa shape index (κ1) is 21.7. The van der Waals surface area contributed by atoms with Crippen LogP contribution in [-0.4, -0.2) is 31.7 Å². The highest BCUT2D eigenvalue weighted by atomic mass is 35.5. The molecule has 0 bridgehead atoms. The Hall–Kier alpha value is -2.03. The summed E-state index contributed by atoms with van der Waals surface area (Å²) in [7, 11) is -3.38. The lowest BCUT2D eigenvalue weighted by Gasteiger charge is -2.08. The maximum Gasteiger partial charge on any atom is 0.310 e. The van der Waals surface area contributed by atoms with Crippen LogP contribution in [0.5, 0.6) is 0 Å². The van der Waals surface area contributed by atoms with Crippen molar-refractivity contribution < 1.29 is 22.3 Å². The molecule has 9 heteroatoms. The van der Waals surface area contributed by atoms with Crippen LogP contribution in [0.4, 0.5) is 4.39 Å². The number of hydrogen-bond acceptors (Lipinski definition) is 5. The Balaban J connectivity index is 2.09. The number of carbonyl (C=O) groups is 1. The number of fused-ring (bicyclic) bond motifs is 1. The lowest BCUT2D eigenvalue weighted by atomic mass is 10.1. The van der Waals surface area contributed by atoms with E-state index in [0.717, 1.165) is 17.4 Å². The third-order valence-corrected chi connectivity index (χ3v) is 7.19. The predicted molar refractivity (Wildman–Crippen MR) is 111 cm³/mol. The maximum atomic E-state index is 13.9. The van der Waals surface area contributed by atoms with Gasteiger partial charge in [-0.3, -0.25) is 4.79 Å². The Labute approximate surface area is 177 Å². The average Bonchev–Trinajstić information content (AvgIpc) is 2.87.